The Morgan fingerprint density at radius 1 is 1.29 bits per heavy atom. The largest absolute Gasteiger partial charge is 0.335 e. The Morgan fingerprint density at radius 3 is 2.71 bits per heavy atom. The number of hydrogen-bond acceptors (Lipinski definition) is 2. The van der Waals surface area contributed by atoms with E-state index in [1.54, 1.807) is 0 Å². The standard InChI is InChI=1S/C13H16BrN3/c1-8-4-5-10(6-9(8)2)12-13(14)17-11(16-12)7-15-3/h4-6,15H,7H2,1-3H3,(H,16,17). The Hall–Kier alpha value is -1.13. The van der Waals surface area contributed by atoms with Crippen LogP contribution in [0.1, 0.15) is 17.0 Å². The molecule has 2 N–H and O–H groups in total. The first kappa shape index (κ1) is 12.3. The Morgan fingerprint density at radius 2 is 2.06 bits per heavy atom. The molecule has 0 fully saturated rings. The van der Waals surface area contributed by atoms with Crippen LogP contribution in [0, 0.1) is 13.8 Å². The van der Waals surface area contributed by atoms with Crippen molar-refractivity contribution < 1.29 is 0 Å². The molecule has 2 rings (SSSR count). The van der Waals surface area contributed by atoms with E-state index in [2.05, 4.69) is 63.3 Å². The van der Waals surface area contributed by atoms with Gasteiger partial charge in [-0.05, 0) is 54.0 Å². The normalized spacial score (nSPS) is 10.8. The van der Waals surface area contributed by atoms with Gasteiger partial charge in [-0.1, -0.05) is 12.1 Å². The number of rotatable bonds is 3. The predicted molar refractivity (Wildman–Crippen MR) is 74.0 cm³/mol. The predicted octanol–water partition coefficient (Wildman–Crippen LogP) is 3.18. The quantitative estimate of drug-likeness (QED) is 0.913. The maximum atomic E-state index is 4.58. The van der Waals surface area contributed by atoms with Crippen LogP contribution in [0.2, 0.25) is 0 Å². The minimum absolute atomic E-state index is 0.740. The minimum atomic E-state index is 0.740. The van der Waals surface area contributed by atoms with E-state index < -0.39 is 0 Å². The smallest absolute Gasteiger partial charge is 0.121 e. The molecule has 1 heterocycles. The molecule has 0 aliphatic carbocycles. The molecule has 0 radical (unpaired) electrons. The highest BCUT2D eigenvalue weighted by Crippen LogP contribution is 2.27. The number of aromatic amines is 1. The second-order valence-electron chi connectivity index (χ2n) is 4.18. The van der Waals surface area contributed by atoms with Crippen LogP contribution >= 0.6 is 15.9 Å². The second-order valence-corrected chi connectivity index (χ2v) is 4.97. The lowest BCUT2D eigenvalue weighted by molar-refractivity contribution is 0.771. The number of nitrogens with zero attached hydrogens (tertiary/aromatic N) is 1. The van der Waals surface area contributed by atoms with Crippen molar-refractivity contribution in [1.82, 2.24) is 15.3 Å². The Bertz CT molecular complexity index is 531. The van der Waals surface area contributed by atoms with Crippen molar-refractivity contribution >= 4 is 15.9 Å². The molecule has 0 aliphatic rings. The van der Waals surface area contributed by atoms with Crippen molar-refractivity contribution in [3.8, 4) is 11.3 Å². The third-order valence-electron chi connectivity index (χ3n) is 2.83. The van der Waals surface area contributed by atoms with Gasteiger partial charge in [0.05, 0.1) is 6.54 Å². The van der Waals surface area contributed by atoms with E-state index in [-0.39, 0.29) is 0 Å². The molecule has 3 nitrogen and oxygen atoms in total. The molecule has 0 atom stereocenters. The van der Waals surface area contributed by atoms with Gasteiger partial charge in [0, 0.05) is 5.56 Å². The molecule has 0 spiro atoms. The molecule has 1 aromatic carbocycles. The molecule has 1 aromatic heterocycles. The number of imidazole rings is 1. The summed E-state index contributed by atoms with van der Waals surface area (Å²) in [5.41, 5.74) is 4.69. The zero-order chi connectivity index (χ0) is 12.4. The van der Waals surface area contributed by atoms with Gasteiger partial charge in [-0.3, -0.25) is 0 Å². The van der Waals surface area contributed by atoms with Crippen LogP contribution in [0.3, 0.4) is 0 Å². The monoisotopic (exact) mass is 293 g/mol. The van der Waals surface area contributed by atoms with Crippen molar-refractivity contribution in [2.45, 2.75) is 20.4 Å². The van der Waals surface area contributed by atoms with Gasteiger partial charge in [0.1, 0.15) is 16.1 Å². The van der Waals surface area contributed by atoms with Crippen LogP contribution < -0.4 is 5.32 Å². The molecule has 17 heavy (non-hydrogen) atoms. The fraction of sp³-hybridized carbons (Fsp3) is 0.308. The van der Waals surface area contributed by atoms with Crippen molar-refractivity contribution in [3.05, 3.63) is 39.8 Å². The van der Waals surface area contributed by atoms with Crippen LogP contribution in [0.15, 0.2) is 22.8 Å². The van der Waals surface area contributed by atoms with E-state index in [1.165, 1.54) is 11.1 Å². The Balaban J connectivity index is 2.41. The van der Waals surface area contributed by atoms with Crippen LogP contribution in [-0.2, 0) is 6.54 Å². The Kier molecular flexibility index (Phi) is 3.64. The topological polar surface area (TPSA) is 40.7 Å². The van der Waals surface area contributed by atoms with E-state index in [9.17, 15) is 0 Å². The fourth-order valence-electron chi connectivity index (χ4n) is 1.73. The maximum Gasteiger partial charge on any atom is 0.121 e. The van der Waals surface area contributed by atoms with Crippen molar-refractivity contribution in [2.75, 3.05) is 7.05 Å². The summed E-state index contributed by atoms with van der Waals surface area (Å²) in [7, 11) is 1.91. The van der Waals surface area contributed by atoms with Gasteiger partial charge in [0.25, 0.3) is 0 Å². The van der Waals surface area contributed by atoms with Crippen molar-refractivity contribution in [2.24, 2.45) is 0 Å². The first-order chi connectivity index (χ1) is 8.11. The highest BCUT2D eigenvalue weighted by atomic mass is 79.9. The van der Waals surface area contributed by atoms with Crippen molar-refractivity contribution in [3.63, 3.8) is 0 Å². The van der Waals surface area contributed by atoms with Crippen molar-refractivity contribution in [1.29, 1.82) is 0 Å². The number of nitrogens with one attached hydrogen (secondary N) is 2. The average molecular weight is 294 g/mol. The molecule has 90 valence electrons. The molecule has 0 saturated carbocycles. The molecular weight excluding hydrogens is 278 g/mol. The zero-order valence-electron chi connectivity index (χ0n) is 10.3. The average Bonchev–Trinajstić information content (AvgIpc) is 2.64. The lowest BCUT2D eigenvalue weighted by Gasteiger charge is -2.03. The summed E-state index contributed by atoms with van der Waals surface area (Å²) in [6.07, 6.45) is 0. The van der Waals surface area contributed by atoms with E-state index in [1.807, 2.05) is 7.05 Å². The van der Waals surface area contributed by atoms with Gasteiger partial charge >= 0.3 is 0 Å². The number of H-pyrrole nitrogens is 1. The number of benzene rings is 1. The first-order valence-corrected chi connectivity index (χ1v) is 6.37. The van der Waals surface area contributed by atoms with E-state index in [0.717, 1.165) is 28.2 Å². The second kappa shape index (κ2) is 5.02. The van der Waals surface area contributed by atoms with E-state index in [4.69, 9.17) is 0 Å². The molecule has 0 aliphatic heterocycles. The SMILES string of the molecule is CNCc1nc(-c2ccc(C)c(C)c2)c(Br)[nH]1. The fourth-order valence-corrected chi connectivity index (χ4v) is 2.28. The number of halogens is 1. The molecule has 4 heteroatoms. The van der Waals surface area contributed by atoms with E-state index >= 15 is 0 Å². The summed E-state index contributed by atoms with van der Waals surface area (Å²) in [6, 6.07) is 6.40. The Labute approximate surface area is 110 Å². The van der Waals surface area contributed by atoms with Gasteiger partial charge in [-0.15, -0.1) is 0 Å². The lowest BCUT2D eigenvalue weighted by atomic mass is 10.1. The van der Waals surface area contributed by atoms with Gasteiger partial charge < -0.3 is 10.3 Å². The molecule has 0 saturated heterocycles. The summed E-state index contributed by atoms with van der Waals surface area (Å²) in [4.78, 5) is 7.80. The maximum absolute atomic E-state index is 4.58. The summed E-state index contributed by atoms with van der Waals surface area (Å²) < 4.78 is 0.936. The summed E-state index contributed by atoms with van der Waals surface area (Å²) >= 11 is 3.52. The van der Waals surface area contributed by atoms with Gasteiger partial charge in [-0.2, -0.15) is 0 Å². The lowest BCUT2D eigenvalue weighted by Crippen LogP contribution is -2.06. The molecule has 0 amide bonds. The summed E-state index contributed by atoms with van der Waals surface area (Å²) in [5, 5.41) is 3.08. The highest BCUT2D eigenvalue weighted by molar-refractivity contribution is 9.10. The van der Waals surface area contributed by atoms with E-state index in [0.29, 0.717) is 0 Å². The molecule has 2 aromatic rings. The van der Waals surface area contributed by atoms with Gasteiger partial charge in [0.2, 0.25) is 0 Å². The van der Waals surface area contributed by atoms with Gasteiger partial charge in [-0.25, -0.2) is 4.98 Å². The van der Waals surface area contributed by atoms with Crippen LogP contribution in [-0.4, -0.2) is 17.0 Å². The minimum Gasteiger partial charge on any atom is -0.335 e. The third-order valence-corrected chi connectivity index (χ3v) is 3.41. The first-order valence-electron chi connectivity index (χ1n) is 5.58. The number of hydrogen-bond donors (Lipinski definition) is 2. The number of aromatic nitrogens is 2. The third kappa shape index (κ3) is 2.58. The summed E-state index contributed by atoms with van der Waals surface area (Å²) in [6.45, 7) is 4.97. The molecular formula is C13H16BrN3. The molecule has 0 unspecified atom stereocenters. The zero-order valence-corrected chi connectivity index (χ0v) is 11.9. The summed E-state index contributed by atoms with van der Waals surface area (Å²) in [5.74, 6) is 0.938. The van der Waals surface area contributed by atoms with Gasteiger partial charge in [0.15, 0.2) is 0 Å². The van der Waals surface area contributed by atoms with Crippen LogP contribution in [0.4, 0.5) is 0 Å². The highest BCUT2D eigenvalue weighted by Gasteiger charge is 2.10. The van der Waals surface area contributed by atoms with Crippen LogP contribution in [0.25, 0.3) is 11.3 Å². The van der Waals surface area contributed by atoms with Crippen LogP contribution in [0.5, 0.6) is 0 Å². The number of aryl methyl sites for hydroxylation is 2. The molecule has 0 bridgehead atoms.